The second-order valence-electron chi connectivity index (χ2n) is 3.74. The van der Waals surface area contributed by atoms with Crippen molar-refractivity contribution in [1.29, 1.82) is 0 Å². The highest BCUT2D eigenvalue weighted by atomic mass is 79.9. The van der Waals surface area contributed by atoms with Crippen LogP contribution >= 0.6 is 31.9 Å². The van der Waals surface area contributed by atoms with Crippen molar-refractivity contribution in [3.8, 4) is 0 Å². The van der Waals surface area contributed by atoms with Crippen LogP contribution in [0.3, 0.4) is 0 Å². The van der Waals surface area contributed by atoms with Gasteiger partial charge >= 0.3 is 5.95 Å². The van der Waals surface area contributed by atoms with Crippen LogP contribution < -0.4 is 16.0 Å². The number of hydrogen-bond donors (Lipinski definition) is 4. The molecule has 19 heavy (non-hydrogen) atoms. The fourth-order valence-electron chi connectivity index (χ4n) is 1.43. The molecule has 8 heteroatoms. The highest BCUT2D eigenvalue weighted by molar-refractivity contribution is 9.13. The first-order valence-electron chi connectivity index (χ1n) is 5.41. The number of nitrogens with two attached hydrogens (primary N) is 1. The maximum Gasteiger partial charge on any atom is 0.350 e. The Kier molecular flexibility index (Phi) is 4.43. The molecule has 100 valence electrons. The van der Waals surface area contributed by atoms with Gasteiger partial charge in [-0.15, -0.1) is 0 Å². The fraction of sp³-hybridized carbons (Fsp3) is 0.0909. The van der Waals surface area contributed by atoms with Crippen LogP contribution in [-0.2, 0) is 0 Å². The lowest BCUT2D eigenvalue weighted by Gasteiger charge is -1.98. The van der Waals surface area contributed by atoms with Crippen molar-refractivity contribution < 1.29 is 9.78 Å². The lowest BCUT2D eigenvalue weighted by Crippen LogP contribution is -2.23. The molecule has 0 radical (unpaired) electrons. The average molecular weight is 390 g/mol. The minimum absolute atomic E-state index is 0.173. The number of aromatic nitrogens is 3. The monoisotopic (exact) mass is 388 g/mol. The summed E-state index contributed by atoms with van der Waals surface area (Å²) in [5.41, 5.74) is 6.83. The lowest BCUT2D eigenvalue weighted by molar-refractivity contribution is -0.358. The van der Waals surface area contributed by atoms with Gasteiger partial charge in [0, 0.05) is 6.54 Å². The van der Waals surface area contributed by atoms with E-state index in [1.807, 2.05) is 12.2 Å². The molecular formula is C11H12Br2N5O+. The Hall–Kier alpha value is -1.54. The first-order chi connectivity index (χ1) is 9.06. The van der Waals surface area contributed by atoms with Gasteiger partial charge in [0.1, 0.15) is 17.6 Å². The zero-order valence-electron chi connectivity index (χ0n) is 9.76. The van der Waals surface area contributed by atoms with Crippen molar-refractivity contribution in [2.45, 2.75) is 0 Å². The van der Waals surface area contributed by atoms with E-state index >= 15 is 0 Å². The highest BCUT2D eigenvalue weighted by Crippen LogP contribution is 2.22. The second-order valence-corrected chi connectivity index (χ2v) is 5.39. The van der Waals surface area contributed by atoms with Crippen molar-refractivity contribution >= 4 is 49.8 Å². The van der Waals surface area contributed by atoms with Crippen molar-refractivity contribution in [2.75, 3.05) is 12.3 Å². The van der Waals surface area contributed by atoms with E-state index in [1.165, 1.54) is 0 Å². The summed E-state index contributed by atoms with van der Waals surface area (Å²) in [4.78, 5) is 20.4. The molecule has 2 aromatic heterocycles. The number of nitrogens with one attached hydrogen (secondary N) is 4. The number of rotatable bonds is 4. The molecule has 0 saturated heterocycles. The van der Waals surface area contributed by atoms with Gasteiger partial charge in [-0.2, -0.15) is 0 Å². The van der Waals surface area contributed by atoms with Crippen LogP contribution in [0.2, 0.25) is 0 Å². The third-order valence-electron chi connectivity index (χ3n) is 2.31. The molecule has 2 rings (SSSR count). The van der Waals surface area contributed by atoms with Crippen molar-refractivity contribution in [3.05, 3.63) is 38.8 Å². The number of H-pyrrole nitrogens is 3. The van der Waals surface area contributed by atoms with Crippen molar-refractivity contribution in [3.63, 3.8) is 0 Å². The number of amides is 1. The zero-order chi connectivity index (χ0) is 13.8. The Morgan fingerprint density at radius 2 is 2.26 bits per heavy atom. The number of nitrogen functional groups attached to an aromatic ring is 1. The SMILES string of the molecule is Nc1[nH]c(/C=C/CNC(=O)c2cc(Br)c(Br)[nH]2)c[nH+]1. The lowest BCUT2D eigenvalue weighted by atomic mass is 10.4. The third kappa shape index (κ3) is 3.71. The fourth-order valence-corrected chi connectivity index (χ4v) is 2.09. The standard InChI is InChI=1S/C11H11Br2N5O/c12-7-4-8(18-9(7)13)10(19)15-3-1-2-6-5-16-11(14)17-6/h1-2,4-5,18H,3H2,(H,15,19)(H3,14,16,17)/p+1/b2-1+. The summed E-state index contributed by atoms with van der Waals surface area (Å²) in [5.74, 6) is 0.318. The summed E-state index contributed by atoms with van der Waals surface area (Å²) in [5, 5.41) is 2.76. The third-order valence-corrected chi connectivity index (χ3v) is 4.09. The molecule has 0 aliphatic carbocycles. The number of carbonyl (C=O) groups excluding carboxylic acids is 1. The number of aromatic amines is 3. The Morgan fingerprint density at radius 3 is 2.84 bits per heavy atom. The van der Waals surface area contributed by atoms with Gasteiger partial charge in [-0.1, -0.05) is 6.08 Å². The number of carbonyl (C=O) groups is 1. The van der Waals surface area contributed by atoms with Crippen molar-refractivity contribution in [2.24, 2.45) is 0 Å². The molecule has 0 saturated carbocycles. The highest BCUT2D eigenvalue weighted by Gasteiger charge is 2.09. The number of anilines is 1. The molecule has 1 amide bonds. The number of imidazole rings is 1. The van der Waals surface area contributed by atoms with Gasteiger partial charge < -0.3 is 10.3 Å². The zero-order valence-corrected chi connectivity index (χ0v) is 12.9. The summed E-state index contributed by atoms with van der Waals surface area (Å²) in [6.07, 6.45) is 5.39. The molecule has 0 aliphatic heterocycles. The summed E-state index contributed by atoms with van der Waals surface area (Å²) >= 11 is 6.59. The predicted molar refractivity (Wildman–Crippen MR) is 79.3 cm³/mol. The normalized spacial score (nSPS) is 11.1. The minimum Gasteiger partial charge on any atom is -0.347 e. The van der Waals surface area contributed by atoms with Crippen LogP contribution in [0.5, 0.6) is 0 Å². The van der Waals surface area contributed by atoms with Crippen LogP contribution in [0.4, 0.5) is 5.95 Å². The Morgan fingerprint density at radius 1 is 1.47 bits per heavy atom. The van der Waals surface area contributed by atoms with Crippen LogP contribution in [-0.4, -0.2) is 22.4 Å². The van der Waals surface area contributed by atoms with E-state index in [2.05, 4.69) is 52.1 Å². The van der Waals surface area contributed by atoms with E-state index in [0.717, 1.165) is 14.8 Å². The predicted octanol–water partition coefficient (Wildman–Crippen LogP) is 1.71. The molecular weight excluding hydrogens is 378 g/mol. The topological polar surface area (TPSA) is 101 Å². The van der Waals surface area contributed by atoms with Crippen molar-refractivity contribution in [1.82, 2.24) is 15.3 Å². The Balaban J connectivity index is 1.85. The van der Waals surface area contributed by atoms with E-state index < -0.39 is 0 Å². The molecule has 0 atom stereocenters. The summed E-state index contributed by atoms with van der Waals surface area (Å²) in [6, 6.07) is 1.71. The average Bonchev–Trinajstić information content (AvgIpc) is 2.92. The molecule has 0 bridgehead atoms. The van der Waals surface area contributed by atoms with Crippen LogP contribution in [0, 0.1) is 0 Å². The molecule has 0 aromatic carbocycles. The van der Waals surface area contributed by atoms with Gasteiger partial charge in [0.2, 0.25) is 0 Å². The number of hydrogen-bond acceptors (Lipinski definition) is 2. The molecule has 2 heterocycles. The van der Waals surface area contributed by atoms with Crippen LogP contribution in [0.15, 0.2) is 27.4 Å². The largest absolute Gasteiger partial charge is 0.350 e. The van der Waals surface area contributed by atoms with Gasteiger partial charge in [0.15, 0.2) is 0 Å². The van der Waals surface area contributed by atoms with Gasteiger partial charge in [-0.3, -0.25) is 10.5 Å². The molecule has 2 aromatic rings. The van der Waals surface area contributed by atoms with Gasteiger partial charge in [-0.25, -0.2) is 9.97 Å². The van der Waals surface area contributed by atoms with Gasteiger partial charge in [0.25, 0.3) is 5.91 Å². The molecule has 0 fully saturated rings. The molecule has 0 unspecified atom stereocenters. The second kappa shape index (κ2) is 6.07. The summed E-state index contributed by atoms with van der Waals surface area (Å²) in [6.45, 7) is 0.423. The molecule has 6 nitrogen and oxygen atoms in total. The maximum atomic E-state index is 11.8. The van der Waals surface area contributed by atoms with Crippen LogP contribution in [0.25, 0.3) is 6.08 Å². The first kappa shape index (κ1) is 13.9. The molecule has 0 aliphatic rings. The van der Waals surface area contributed by atoms with Gasteiger partial charge in [-0.05, 0) is 44.0 Å². The summed E-state index contributed by atoms with van der Waals surface area (Å²) < 4.78 is 1.55. The van der Waals surface area contributed by atoms with Gasteiger partial charge in [0.05, 0.1) is 9.08 Å². The maximum absolute atomic E-state index is 11.8. The smallest absolute Gasteiger partial charge is 0.347 e. The first-order valence-corrected chi connectivity index (χ1v) is 7.00. The molecule has 6 N–H and O–H groups in total. The van der Waals surface area contributed by atoms with E-state index in [-0.39, 0.29) is 5.91 Å². The Labute approximate surface area is 126 Å². The van der Waals surface area contributed by atoms with E-state index in [0.29, 0.717) is 18.2 Å². The van der Waals surface area contributed by atoms with E-state index in [4.69, 9.17) is 5.73 Å². The minimum atomic E-state index is -0.173. The van der Waals surface area contributed by atoms with E-state index in [9.17, 15) is 4.79 Å². The Bertz CT molecular complexity index is 597. The summed E-state index contributed by atoms with van der Waals surface area (Å²) in [7, 11) is 0. The number of halogens is 2. The molecule has 0 spiro atoms. The van der Waals surface area contributed by atoms with E-state index in [1.54, 1.807) is 12.3 Å². The van der Waals surface area contributed by atoms with Crippen LogP contribution in [0.1, 0.15) is 16.2 Å². The quantitative estimate of drug-likeness (QED) is 0.639.